The number of ether oxygens (including phenoxy) is 2. The molecule has 0 aliphatic carbocycles. The number of hydrogen-bond donors (Lipinski definition) is 1. The fourth-order valence-corrected chi connectivity index (χ4v) is 3.70. The standard InChI is InChI=1S/C24H30ClN3O4/c1-5-27-12-14-28(15-13-27)21-11-6-17(22(29)31-4)16-20(21)26-23(30)24(2,3)32-19-9-7-18(25)8-10-19/h6-11,16H,5,12-15H2,1-4H3,(H,26,30). The van der Waals surface area contributed by atoms with Gasteiger partial charge in [-0.1, -0.05) is 18.5 Å². The summed E-state index contributed by atoms with van der Waals surface area (Å²) in [5, 5.41) is 3.56. The van der Waals surface area contributed by atoms with E-state index < -0.39 is 11.6 Å². The van der Waals surface area contributed by atoms with Gasteiger partial charge >= 0.3 is 5.97 Å². The number of carbonyl (C=O) groups excluding carboxylic acids is 2. The number of piperazine rings is 1. The van der Waals surface area contributed by atoms with E-state index in [1.54, 1.807) is 50.2 Å². The molecule has 0 radical (unpaired) electrons. The lowest BCUT2D eigenvalue weighted by atomic mass is 10.1. The van der Waals surface area contributed by atoms with Crippen LogP contribution < -0.4 is 15.0 Å². The van der Waals surface area contributed by atoms with E-state index in [1.165, 1.54) is 7.11 Å². The van der Waals surface area contributed by atoms with Gasteiger partial charge in [0.15, 0.2) is 5.60 Å². The van der Waals surface area contributed by atoms with E-state index in [-0.39, 0.29) is 5.91 Å². The second-order valence-electron chi connectivity index (χ2n) is 8.17. The molecule has 7 nitrogen and oxygen atoms in total. The van der Waals surface area contributed by atoms with Crippen molar-refractivity contribution in [2.24, 2.45) is 0 Å². The van der Waals surface area contributed by atoms with E-state index in [9.17, 15) is 9.59 Å². The first-order valence-corrected chi connectivity index (χ1v) is 11.1. The highest BCUT2D eigenvalue weighted by Crippen LogP contribution is 2.30. The minimum atomic E-state index is -1.16. The molecule has 1 aliphatic rings. The Bertz CT molecular complexity index is 954. The van der Waals surface area contributed by atoms with Crippen molar-refractivity contribution in [3.63, 3.8) is 0 Å². The average Bonchev–Trinajstić information content (AvgIpc) is 2.80. The smallest absolute Gasteiger partial charge is 0.337 e. The van der Waals surface area contributed by atoms with Gasteiger partial charge in [-0.05, 0) is 62.9 Å². The number of hydrogen-bond acceptors (Lipinski definition) is 6. The Hall–Kier alpha value is -2.77. The number of methoxy groups -OCH3 is 1. The van der Waals surface area contributed by atoms with Gasteiger partial charge in [0, 0.05) is 31.2 Å². The van der Waals surface area contributed by atoms with Crippen LogP contribution in [0.4, 0.5) is 11.4 Å². The van der Waals surface area contributed by atoms with E-state index >= 15 is 0 Å². The van der Waals surface area contributed by atoms with Crippen LogP contribution in [-0.4, -0.2) is 62.2 Å². The van der Waals surface area contributed by atoms with Crippen molar-refractivity contribution in [3.05, 3.63) is 53.1 Å². The van der Waals surface area contributed by atoms with Gasteiger partial charge in [-0.2, -0.15) is 0 Å². The number of esters is 1. The van der Waals surface area contributed by atoms with Gasteiger partial charge in [-0.15, -0.1) is 0 Å². The van der Waals surface area contributed by atoms with Crippen molar-refractivity contribution >= 4 is 34.9 Å². The first kappa shape index (κ1) is 23.9. The third kappa shape index (κ3) is 5.72. The van der Waals surface area contributed by atoms with Gasteiger partial charge in [-0.3, -0.25) is 4.79 Å². The molecule has 1 fully saturated rings. The Balaban J connectivity index is 1.84. The van der Waals surface area contributed by atoms with Crippen LogP contribution >= 0.6 is 11.6 Å². The Kier molecular flexibility index (Phi) is 7.64. The summed E-state index contributed by atoms with van der Waals surface area (Å²) >= 11 is 5.93. The second-order valence-corrected chi connectivity index (χ2v) is 8.60. The molecule has 0 spiro atoms. The molecule has 2 aromatic carbocycles. The zero-order chi connectivity index (χ0) is 23.3. The molecular weight excluding hydrogens is 430 g/mol. The third-order valence-corrected chi connectivity index (χ3v) is 5.81. The number of amides is 1. The molecule has 0 saturated carbocycles. The summed E-state index contributed by atoms with van der Waals surface area (Å²) in [6.07, 6.45) is 0. The fourth-order valence-electron chi connectivity index (χ4n) is 3.58. The number of likely N-dealkylation sites (N-methyl/N-ethyl adjacent to an activating group) is 1. The van der Waals surface area contributed by atoms with Crippen molar-refractivity contribution in [1.29, 1.82) is 0 Å². The Morgan fingerprint density at radius 2 is 1.72 bits per heavy atom. The lowest BCUT2D eigenvalue weighted by Gasteiger charge is -2.36. The summed E-state index contributed by atoms with van der Waals surface area (Å²) in [6.45, 7) is 10.1. The lowest BCUT2D eigenvalue weighted by Crippen LogP contribution is -2.47. The summed E-state index contributed by atoms with van der Waals surface area (Å²) in [5.74, 6) is -0.254. The Labute approximate surface area is 194 Å². The van der Waals surface area contributed by atoms with E-state index in [0.29, 0.717) is 22.0 Å². The fraction of sp³-hybridized carbons (Fsp3) is 0.417. The van der Waals surface area contributed by atoms with E-state index in [1.807, 2.05) is 6.07 Å². The highest BCUT2D eigenvalue weighted by atomic mass is 35.5. The van der Waals surface area contributed by atoms with Crippen LogP contribution in [0.3, 0.4) is 0 Å². The van der Waals surface area contributed by atoms with Crippen LogP contribution in [0.1, 0.15) is 31.1 Å². The minimum absolute atomic E-state index is 0.331. The van der Waals surface area contributed by atoms with Crippen molar-refractivity contribution in [3.8, 4) is 5.75 Å². The van der Waals surface area contributed by atoms with E-state index in [0.717, 1.165) is 38.4 Å². The van der Waals surface area contributed by atoms with Crippen molar-refractivity contribution < 1.29 is 19.1 Å². The SMILES string of the molecule is CCN1CCN(c2ccc(C(=O)OC)cc2NC(=O)C(C)(C)Oc2ccc(Cl)cc2)CC1. The molecule has 32 heavy (non-hydrogen) atoms. The van der Waals surface area contributed by atoms with Gasteiger partial charge in [0.25, 0.3) is 5.91 Å². The van der Waals surface area contributed by atoms with Crippen molar-refractivity contribution in [2.75, 3.05) is 50.1 Å². The molecule has 0 aromatic heterocycles. The molecule has 1 N–H and O–H groups in total. The summed E-state index contributed by atoms with van der Waals surface area (Å²) in [4.78, 5) is 29.9. The van der Waals surface area contributed by atoms with Crippen LogP contribution in [0.5, 0.6) is 5.75 Å². The highest BCUT2D eigenvalue weighted by Gasteiger charge is 2.31. The van der Waals surface area contributed by atoms with Crippen LogP contribution in [0.25, 0.3) is 0 Å². The van der Waals surface area contributed by atoms with Gasteiger partial charge in [0.2, 0.25) is 0 Å². The molecular formula is C24H30ClN3O4. The molecule has 1 saturated heterocycles. The topological polar surface area (TPSA) is 71.1 Å². The second kappa shape index (κ2) is 10.2. The van der Waals surface area contributed by atoms with Crippen LogP contribution in [0, 0.1) is 0 Å². The normalized spacial score (nSPS) is 14.7. The maximum atomic E-state index is 13.2. The first-order chi connectivity index (χ1) is 15.2. The van der Waals surface area contributed by atoms with E-state index in [2.05, 4.69) is 22.0 Å². The summed E-state index contributed by atoms with van der Waals surface area (Å²) < 4.78 is 10.8. The molecule has 1 aliphatic heterocycles. The van der Waals surface area contributed by atoms with Gasteiger partial charge in [0.05, 0.1) is 24.0 Å². The summed E-state index contributed by atoms with van der Waals surface area (Å²) in [7, 11) is 1.33. The number of carbonyl (C=O) groups is 2. The number of anilines is 2. The zero-order valence-electron chi connectivity index (χ0n) is 19.0. The number of rotatable bonds is 7. The molecule has 0 bridgehead atoms. The Morgan fingerprint density at radius 1 is 1.06 bits per heavy atom. The monoisotopic (exact) mass is 459 g/mol. The summed E-state index contributed by atoms with van der Waals surface area (Å²) in [6, 6.07) is 12.1. The molecule has 172 valence electrons. The number of nitrogens with one attached hydrogen (secondary N) is 1. The molecule has 1 heterocycles. The zero-order valence-corrected chi connectivity index (χ0v) is 19.7. The third-order valence-electron chi connectivity index (χ3n) is 5.56. The van der Waals surface area contributed by atoms with Crippen molar-refractivity contribution in [2.45, 2.75) is 26.4 Å². The maximum absolute atomic E-state index is 13.2. The van der Waals surface area contributed by atoms with Crippen LogP contribution in [-0.2, 0) is 9.53 Å². The highest BCUT2D eigenvalue weighted by molar-refractivity contribution is 6.30. The minimum Gasteiger partial charge on any atom is -0.478 e. The molecule has 2 aromatic rings. The Morgan fingerprint density at radius 3 is 2.31 bits per heavy atom. The number of halogens is 1. The molecule has 1 amide bonds. The molecule has 0 atom stereocenters. The van der Waals surface area contributed by atoms with Crippen molar-refractivity contribution in [1.82, 2.24) is 4.90 Å². The molecule has 3 rings (SSSR count). The maximum Gasteiger partial charge on any atom is 0.337 e. The number of nitrogens with zero attached hydrogens (tertiary/aromatic N) is 2. The van der Waals surface area contributed by atoms with Gasteiger partial charge < -0.3 is 24.6 Å². The number of benzene rings is 2. The lowest BCUT2D eigenvalue weighted by molar-refractivity contribution is -0.128. The predicted molar refractivity (Wildman–Crippen MR) is 127 cm³/mol. The van der Waals surface area contributed by atoms with E-state index in [4.69, 9.17) is 21.1 Å². The molecule has 0 unspecified atom stereocenters. The first-order valence-electron chi connectivity index (χ1n) is 10.7. The van der Waals surface area contributed by atoms with Crippen LogP contribution in [0.15, 0.2) is 42.5 Å². The summed E-state index contributed by atoms with van der Waals surface area (Å²) in [5.41, 5.74) is 0.627. The predicted octanol–water partition coefficient (Wildman–Crippen LogP) is 4.06. The largest absolute Gasteiger partial charge is 0.478 e. The average molecular weight is 460 g/mol. The van der Waals surface area contributed by atoms with Gasteiger partial charge in [-0.25, -0.2) is 4.79 Å². The van der Waals surface area contributed by atoms with Crippen LogP contribution in [0.2, 0.25) is 5.02 Å². The molecule has 8 heteroatoms. The quantitative estimate of drug-likeness (QED) is 0.629. The van der Waals surface area contributed by atoms with Gasteiger partial charge in [0.1, 0.15) is 5.75 Å².